The number of aliphatic carboxylic acids is 1. The lowest BCUT2D eigenvalue weighted by Crippen LogP contribution is -2.33. The van der Waals surface area contributed by atoms with Crippen molar-refractivity contribution in [2.24, 2.45) is 11.8 Å². The Kier molecular flexibility index (Phi) is 4.77. The maximum Gasteiger partial charge on any atom is 0.303 e. The molecular formula is C12H21NO3. The highest BCUT2D eigenvalue weighted by Crippen LogP contribution is 2.21. The molecule has 0 radical (unpaired) electrons. The van der Waals surface area contributed by atoms with Crippen LogP contribution in [0.2, 0.25) is 0 Å². The van der Waals surface area contributed by atoms with Gasteiger partial charge in [0.15, 0.2) is 0 Å². The monoisotopic (exact) mass is 227 g/mol. The van der Waals surface area contributed by atoms with Gasteiger partial charge in [-0.25, -0.2) is 0 Å². The van der Waals surface area contributed by atoms with E-state index < -0.39 is 5.97 Å². The molecule has 0 aliphatic carbocycles. The van der Waals surface area contributed by atoms with Crippen molar-refractivity contribution in [3.63, 3.8) is 0 Å². The molecule has 4 nitrogen and oxygen atoms in total. The second kappa shape index (κ2) is 5.87. The molecule has 1 fully saturated rings. The van der Waals surface area contributed by atoms with E-state index in [0.29, 0.717) is 12.3 Å². The van der Waals surface area contributed by atoms with Gasteiger partial charge in [-0.15, -0.1) is 0 Å². The number of carboxylic acids is 1. The van der Waals surface area contributed by atoms with Crippen LogP contribution >= 0.6 is 0 Å². The molecule has 0 aromatic carbocycles. The van der Waals surface area contributed by atoms with Gasteiger partial charge in [-0.2, -0.15) is 0 Å². The highest BCUT2D eigenvalue weighted by molar-refractivity contribution is 5.76. The molecular weight excluding hydrogens is 206 g/mol. The number of hydrogen-bond donors (Lipinski definition) is 1. The third-order valence-corrected chi connectivity index (χ3v) is 2.98. The van der Waals surface area contributed by atoms with E-state index in [4.69, 9.17) is 5.11 Å². The van der Waals surface area contributed by atoms with Crippen molar-refractivity contribution in [2.75, 3.05) is 13.1 Å². The number of rotatable bonds is 4. The van der Waals surface area contributed by atoms with Gasteiger partial charge >= 0.3 is 5.97 Å². The maximum atomic E-state index is 11.8. The predicted molar refractivity (Wildman–Crippen MR) is 61.0 cm³/mol. The van der Waals surface area contributed by atoms with Gasteiger partial charge in [-0.1, -0.05) is 13.8 Å². The Hall–Kier alpha value is -1.06. The highest BCUT2D eigenvalue weighted by atomic mass is 16.4. The maximum absolute atomic E-state index is 11.8. The fourth-order valence-corrected chi connectivity index (χ4v) is 2.18. The Bertz CT molecular complexity index is 263. The van der Waals surface area contributed by atoms with Gasteiger partial charge in [0.2, 0.25) is 5.91 Å². The Labute approximate surface area is 96.6 Å². The molecule has 0 spiro atoms. The first-order chi connectivity index (χ1) is 7.49. The van der Waals surface area contributed by atoms with E-state index in [2.05, 4.69) is 13.8 Å². The summed E-state index contributed by atoms with van der Waals surface area (Å²) in [6.07, 6.45) is 2.25. The summed E-state index contributed by atoms with van der Waals surface area (Å²) in [6.45, 7) is 5.69. The lowest BCUT2D eigenvalue weighted by Gasteiger charge is -2.22. The average Bonchev–Trinajstić information content (AvgIpc) is 2.31. The Morgan fingerprint density at radius 2 is 2.19 bits per heavy atom. The largest absolute Gasteiger partial charge is 0.481 e. The smallest absolute Gasteiger partial charge is 0.303 e. The number of likely N-dealkylation sites (tertiary alicyclic amines) is 1. The number of nitrogens with zero attached hydrogens (tertiary/aromatic N) is 1. The molecule has 0 aromatic rings. The minimum Gasteiger partial charge on any atom is -0.481 e. The van der Waals surface area contributed by atoms with Gasteiger partial charge in [0.25, 0.3) is 0 Å². The molecule has 1 aliphatic heterocycles. The van der Waals surface area contributed by atoms with Crippen LogP contribution in [-0.4, -0.2) is 35.0 Å². The first-order valence-electron chi connectivity index (χ1n) is 5.98. The van der Waals surface area contributed by atoms with Crippen LogP contribution in [-0.2, 0) is 9.59 Å². The number of carboxylic acid groups (broad SMARTS) is 1. The Morgan fingerprint density at radius 1 is 1.50 bits per heavy atom. The molecule has 0 bridgehead atoms. The van der Waals surface area contributed by atoms with E-state index in [9.17, 15) is 9.59 Å². The average molecular weight is 227 g/mol. The summed E-state index contributed by atoms with van der Waals surface area (Å²) in [5, 5.41) is 8.74. The molecule has 1 rings (SSSR count). The van der Waals surface area contributed by atoms with E-state index in [-0.39, 0.29) is 18.2 Å². The molecule has 16 heavy (non-hydrogen) atoms. The second-order valence-electron chi connectivity index (χ2n) is 5.02. The minimum absolute atomic E-state index is 0.165. The van der Waals surface area contributed by atoms with Gasteiger partial charge in [-0.05, 0) is 24.7 Å². The SMILES string of the molecule is CC(C)CN1CCC(CC(=O)O)CCC1=O. The van der Waals surface area contributed by atoms with Crippen LogP contribution in [0.4, 0.5) is 0 Å². The van der Waals surface area contributed by atoms with E-state index in [1.54, 1.807) is 0 Å². The van der Waals surface area contributed by atoms with Gasteiger partial charge in [0, 0.05) is 25.9 Å². The topological polar surface area (TPSA) is 57.6 Å². The van der Waals surface area contributed by atoms with Crippen molar-refractivity contribution >= 4 is 11.9 Å². The summed E-state index contributed by atoms with van der Waals surface area (Å²) in [5.41, 5.74) is 0. The van der Waals surface area contributed by atoms with Gasteiger partial charge in [-0.3, -0.25) is 9.59 Å². The fourth-order valence-electron chi connectivity index (χ4n) is 2.18. The van der Waals surface area contributed by atoms with Crippen LogP contribution in [0.25, 0.3) is 0 Å². The molecule has 1 unspecified atom stereocenters. The zero-order chi connectivity index (χ0) is 12.1. The molecule has 1 amide bonds. The number of hydrogen-bond acceptors (Lipinski definition) is 2. The standard InChI is InChI=1S/C12H21NO3/c1-9(2)8-13-6-5-10(7-12(15)16)3-4-11(13)14/h9-10H,3-8H2,1-2H3,(H,15,16). The van der Waals surface area contributed by atoms with Crippen molar-refractivity contribution < 1.29 is 14.7 Å². The molecule has 1 aliphatic rings. The molecule has 92 valence electrons. The lowest BCUT2D eigenvalue weighted by molar-refractivity contribution is -0.138. The predicted octanol–water partition coefficient (Wildman–Crippen LogP) is 1.75. The van der Waals surface area contributed by atoms with Crippen LogP contribution in [0.3, 0.4) is 0 Å². The van der Waals surface area contributed by atoms with Gasteiger partial charge in [0.05, 0.1) is 0 Å². The van der Waals surface area contributed by atoms with E-state index >= 15 is 0 Å². The van der Waals surface area contributed by atoms with Crippen LogP contribution < -0.4 is 0 Å². The zero-order valence-electron chi connectivity index (χ0n) is 10.1. The molecule has 1 saturated heterocycles. The molecule has 1 N–H and O–H groups in total. The Balaban J connectivity index is 2.48. The summed E-state index contributed by atoms with van der Waals surface area (Å²) in [4.78, 5) is 24.3. The number of carbonyl (C=O) groups excluding carboxylic acids is 1. The van der Waals surface area contributed by atoms with Crippen molar-refractivity contribution in [2.45, 2.75) is 39.5 Å². The third kappa shape index (κ3) is 4.21. The van der Waals surface area contributed by atoms with E-state index in [1.807, 2.05) is 4.90 Å². The summed E-state index contributed by atoms with van der Waals surface area (Å²) >= 11 is 0. The summed E-state index contributed by atoms with van der Waals surface area (Å²) in [7, 11) is 0. The van der Waals surface area contributed by atoms with Crippen LogP contribution in [0.15, 0.2) is 0 Å². The molecule has 1 heterocycles. The third-order valence-electron chi connectivity index (χ3n) is 2.98. The number of carbonyl (C=O) groups is 2. The molecule has 0 aromatic heterocycles. The Morgan fingerprint density at radius 3 is 2.75 bits per heavy atom. The van der Waals surface area contributed by atoms with E-state index in [0.717, 1.165) is 25.9 Å². The zero-order valence-corrected chi connectivity index (χ0v) is 10.1. The van der Waals surface area contributed by atoms with Gasteiger partial charge in [0.1, 0.15) is 0 Å². The van der Waals surface area contributed by atoms with Gasteiger partial charge < -0.3 is 10.0 Å². The fraction of sp³-hybridized carbons (Fsp3) is 0.833. The van der Waals surface area contributed by atoms with Crippen molar-refractivity contribution in [1.29, 1.82) is 0 Å². The summed E-state index contributed by atoms with van der Waals surface area (Å²) in [5.74, 6) is 0.0648. The second-order valence-corrected chi connectivity index (χ2v) is 5.02. The van der Waals surface area contributed by atoms with Crippen molar-refractivity contribution in [1.82, 2.24) is 4.90 Å². The molecule has 4 heteroatoms. The first-order valence-corrected chi connectivity index (χ1v) is 5.98. The quantitative estimate of drug-likeness (QED) is 0.796. The lowest BCUT2D eigenvalue weighted by atomic mass is 9.97. The molecule has 1 atom stereocenters. The summed E-state index contributed by atoms with van der Waals surface area (Å²) < 4.78 is 0. The minimum atomic E-state index is -0.755. The van der Waals surface area contributed by atoms with Crippen LogP contribution in [0.1, 0.15) is 39.5 Å². The van der Waals surface area contributed by atoms with Crippen molar-refractivity contribution in [3.05, 3.63) is 0 Å². The summed E-state index contributed by atoms with van der Waals surface area (Å²) in [6, 6.07) is 0. The highest BCUT2D eigenvalue weighted by Gasteiger charge is 2.24. The van der Waals surface area contributed by atoms with Crippen LogP contribution in [0.5, 0.6) is 0 Å². The molecule has 0 saturated carbocycles. The number of amides is 1. The normalized spacial score (nSPS) is 22.3. The van der Waals surface area contributed by atoms with E-state index in [1.165, 1.54) is 0 Å². The first kappa shape index (κ1) is 13.0. The van der Waals surface area contributed by atoms with Crippen molar-refractivity contribution in [3.8, 4) is 0 Å². The van der Waals surface area contributed by atoms with Crippen LogP contribution in [0, 0.1) is 11.8 Å².